The van der Waals surface area contributed by atoms with Crippen LogP contribution in [0.2, 0.25) is 0 Å². The molecule has 2 aromatic rings. The van der Waals surface area contributed by atoms with E-state index >= 15 is 0 Å². The molecule has 96 valence electrons. The average Bonchev–Trinajstić information content (AvgIpc) is 2.38. The number of hydrogen-bond acceptors (Lipinski definition) is 0. The third-order valence-electron chi connectivity index (χ3n) is 4.13. The third kappa shape index (κ3) is 2.12. The SMILES string of the molecule is Cc1cc(C)c(C2CC=Cc3ccccc32)c(C)c1. The molecule has 0 heteroatoms. The van der Waals surface area contributed by atoms with Gasteiger partial charge >= 0.3 is 0 Å². The number of fused-ring (bicyclic) bond motifs is 1. The van der Waals surface area contributed by atoms with Crippen molar-refractivity contribution in [2.75, 3.05) is 0 Å². The lowest BCUT2D eigenvalue weighted by atomic mass is 9.78. The summed E-state index contributed by atoms with van der Waals surface area (Å²) in [5.41, 5.74) is 8.57. The van der Waals surface area contributed by atoms with Crippen LogP contribution in [0.15, 0.2) is 42.5 Å². The Balaban J connectivity index is 2.17. The Morgan fingerprint density at radius 3 is 2.37 bits per heavy atom. The number of rotatable bonds is 1. The van der Waals surface area contributed by atoms with E-state index in [0.717, 1.165) is 6.42 Å². The van der Waals surface area contributed by atoms with Crippen molar-refractivity contribution in [2.45, 2.75) is 33.1 Å². The minimum absolute atomic E-state index is 0.516. The molecule has 1 unspecified atom stereocenters. The average molecular weight is 248 g/mol. The Kier molecular flexibility index (Phi) is 3.02. The summed E-state index contributed by atoms with van der Waals surface area (Å²) < 4.78 is 0. The quantitative estimate of drug-likeness (QED) is 0.654. The van der Waals surface area contributed by atoms with Crippen LogP contribution in [0.25, 0.3) is 6.08 Å². The molecular formula is C19H20. The van der Waals surface area contributed by atoms with Crippen molar-refractivity contribution < 1.29 is 0 Å². The maximum Gasteiger partial charge on any atom is 0.0135 e. The van der Waals surface area contributed by atoms with Crippen molar-refractivity contribution in [1.29, 1.82) is 0 Å². The first-order chi connectivity index (χ1) is 9.16. The number of benzene rings is 2. The van der Waals surface area contributed by atoms with Crippen LogP contribution in [0.5, 0.6) is 0 Å². The fourth-order valence-corrected chi connectivity index (χ4v) is 3.45. The summed E-state index contributed by atoms with van der Waals surface area (Å²) in [4.78, 5) is 0. The van der Waals surface area contributed by atoms with E-state index in [0.29, 0.717) is 5.92 Å². The summed E-state index contributed by atoms with van der Waals surface area (Å²) >= 11 is 0. The van der Waals surface area contributed by atoms with Crippen molar-refractivity contribution in [3.8, 4) is 0 Å². The lowest BCUT2D eigenvalue weighted by molar-refractivity contribution is 0.803. The van der Waals surface area contributed by atoms with Gasteiger partial charge in [0.15, 0.2) is 0 Å². The Bertz CT molecular complexity index is 624. The summed E-state index contributed by atoms with van der Waals surface area (Å²) in [6, 6.07) is 13.4. The van der Waals surface area contributed by atoms with Gasteiger partial charge in [-0.25, -0.2) is 0 Å². The van der Waals surface area contributed by atoms with Gasteiger partial charge in [0, 0.05) is 5.92 Å². The molecular weight excluding hydrogens is 228 g/mol. The molecule has 0 bridgehead atoms. The van der Waals surface area contributed by atoms with Crippen molar-refractivity contribution >= 4 is 6.08 Å². The van der Waals surface area contributed by atoms with E-state index in [1.54, 1.807) is 0 Å². The van der Waals surface area contributed by atoms with E-state index in [1.807, 2.05) is 0 Å². The molecule has 19 heavy (non-hydrogen) atoms. The van der Waals surface area contributed by atoms with E-state index in [9.17, 15) is 0 Å². The van der Waals surface area contributed by atoms with E-state index in [1.165, 1.54) is 33.4 Å². The number of allylic oxidation sites excluding steroid dienone is 1. The van der Waals surface area contributed by atoms with Crippen LogP contribution in [-0.4, -0.2) is 0 Å². The molecule has 0 saturated heterocycles. The molecule has 0 spiro atoms. The molecule has 2 aromatic carbocycles. The maximum atomic E-state index is 2.31. The van der Waals surface area contributed by atoms with Crippen LogP contribution < -0.4 is 0 Å². The van der Waals surface area contributed by atoms with Gasteiger partial charge in [-0.3, -0.25) is 0 Å². The molecule has 1 aliphatic carbocycles. The topological polar surface area (TPSA) is 0 Å². The van der Waals surface area contributed by atoms with Crippen LogP contribution in [0.1, 0.15) is 45.7 Å². The molecule has 1 atom stereocenters. The van der Waals surface area contributed by atoms with Crippen molar-refractivity contribution in [2.24, 2.45) is 0 Å². The Hall–Kier alpha value is -1.82. The zero-order valence-electron chi connectivity index (χ0n) is 11.9. The Labute approximate surface area is 115 Å². The van der Waals surface area contributed by atoms with Crippen LogP contribution in [-0.2, 0) is 0 Å². The van der Waals surface area contributed by atoms with E-state index in [2.05, 4.69) is 69.3 Å². The van der Waals surface area contributed by atoms with Gasteiger partial charge in [0.1, 0.15) is 0 Å². The van der Waals surface area contributed by atoms with Gasteiger partial charge in [-0.15, -0.1) is 0 Å². The van der Waals surface area contributed by atoms with Gasteiger partial charge in [-0.2, -0.15) is 0 Å². The Morgan fingerprint density at radius 2 is 1.63 bits per heavy atom. The standard InChI is InChI=1S/C19H20/c1-13-11-14(2)19(15(3)12-13)18-10-6-8-16-7-4-5-9-17(16)18/h4-9,11-12,18H,10H2,1-3H3. The minimum Gasteiger partial charge on any atom is -0.0830 e. The van der Waals surface area contributed by atoms with Gasteiger partial charge in [0.2, 0.25) is 0 Å². The molecule has 0 N–H and O–H groups in total. The molecule has 0 heterocycles. The molecule has 0 aromatic heterocycles. The highest BCUT2D eigenvalue weighted by Crippen LogP contribution is 2.38. The predicted octanol–water partition coefficient (Wildman–Crippen LogP) is 5.16. The van der Waals surface area contributed by atoms with Crippen molar-refractivity contribution in [3.05, 3.63) is 75.9 Å². The molecule has 1 aliphatic rings. The van der Waals surface area contributed by atoms with Gasteiger partial charge < -0.3 is 0 Å². The fraction of sp³-hybridized carbons (Fsp3) is 0.263. The zero-order valence-corrected chi connectivity index (χ0v) is 11.9. The first-order valence-electron chi connectivity index (χ1n) is 7.00. The van der Waals surface area contributed by atoms with E-state index in [-0.39, 0.29) is 0 Å². The second kappa shape index (κ2) is 4.70. The highest BCUT2D eigenvalue weighted by Gasteiger charge is 2.21. The van der Waals surface area contributed by atoms with Crippen LogP contribution in [0.3, 0.4) is 0 Å². The molecule has 0 saturated carbocycles. The Morgan fingerprint density at radius 1 is 0.947 bits per heavy atom. The monoisotopic (exact) mass is 248 g/mol. The fourth-order valence-electron chi connectivity index (χ4n) is 3.45. The number of hydrogen-bond donors (Lipinski definition) is 0. The first-order valence-corrected chi connectivity index (χ1v) is 7.00. The largest absolute Gasteiger partial charge is 0.0830 e. The van der Waals surface area contributed by atoms with Crippen molar-refractivity contribution in [1.82, 2.24) is 0 Å². The molecule has 0 fully saturated rings. The summed E-state index contributed by atoms with van der Waals surface area (Å²) in [6.07, 6.45) is 5.68. The summed E-state index contributed by atoms with van der Waals surface area (Å²) in [7, 11) is 0. The first kappa shape index (κ1) is 12.2. The second-order valence-corrected chi connectivity index (χ2v) is 5.63. The lowest BCUT2D eigenvalue weighted by Crippen LogP contribution is -2.09. The van der Waals surface area contributed by atoms with Gasteiger partial charge in [-0.1, -0.05) is 54.1 Å². The number of aryl methyl sites for hydroxylation is 3. The summed E-state index contributed by atoms with van der Waals surface area (Å²) in [5.74, 6) is 0.516. The molecule has 0 nitrogen and oxygen atoms in total. The third-order valence-corrected chi connectivity index (χ3v) is 4.13. The predicted molar refractivity (Wildman–Crippen MR) is 82.6 cm³/mol. The zero-order chi connectivity index (χ0) is 13.4. The molecule has 0 amide bonds. The van der Waals surface area contributed by atoms with Crippen LogP contribution >= 0.6 is 0 Å². The highest BCUT2D eigenvalue weighted by atomic mass is 14.2. The molecule has 0 radical (unpaired) electrons. The van der Waals surface area contributed by atoms with Crippen LogP contribution in [0.4, 0.5) is 0 Å². The summed E-state index contributed by atoms with van der Waals surface area (Å²) in [5, 5.41) is 0. The van der Waals surface area contributed by atoms with E-state index < -0.39 is 0 Å². The highest BCUT2D eigenvalue weighted by molar-refractivity contribution is 5.61. The second-order valence-electron chi connectivity index (χ2n) is 5.63. The van der Waals surface area contributed by atoms with Gasteiger partial charge in [0.25, 0.3) is 0 Å². The van der Waals surface area contributed by atoms with Crippen molar-refractivity contribution in [3.63, 3.8) is 0 Å². The normalized spacial score (nSPS) is 17.3. The van der Waals surface area contributed by atoms with E-state index in [4.69, 9.17) is 0 Å². The molecule has 3 rings (SSSR count). The maximum absolute atomic E-state index is 2.31. The minimum atomic E-state index is 0.516. The smallest absolute Gasteiger partial charge is 0.0135 e. The van der Waals surface area contributed by atoms with Gasteiger partial charge in [0.05, 0.1) is 0 Å². The summed E-state index contributed by atoms with van der Waals surface area (Å²) in [6.45, 7) is 6.67. The lowest BCUT2D eigenvalue weighted by Gasteiger charge is -2.25. The van der Waals surface area contributed by atoms with Gasteiger partial charge in [-0.05, 0) is 55.0 Å². The van der Waals surface area contributed by atoms with Crippen LogP contribution in [0, 0.1) is 20.8 Å². The molecule has 0 aliphatic heterocycles.